The summed E-state index contributed by atoms with van der Waals surface area (Å²) in [5, 5.41) is 8.39. The molecular formula is C10H8BrFN2O3. The molecule has 90 valence electrons. The van der Waals surface area contributed by atoms with Crippen LogP contribution >= 0.6 is 15.9 Å². The molecule has 5 nitrogen and oxygen atoms in total. The first-order chi connectivity index (χ1) is 8.06. The van der Waals surface area contributed by atoms with E-state index in [1.54, 1.807) is 6.07 Å². The standard InChI is InChI=1S/C10H8BrFN2O3/c11-5-1-7-8(2-6(5)12)14-9(13-7)3-17-4-10(15)16/h1-2H,3-4H2,(H,13,14)(H,15,16). The van der Waals surface area contributed by atoms with E-state index in [-0.39, 0.29) is 12.4 Å². The zero-order valence-electron chi connectivity index (χ0n) is 8.54. The number of imidazole rings is 1. The molecule has 0 aliphatic rings. The number of carbonyl (C=O) groups is 1. The summed E-state index contributed by atoms with van der Waals surface area (Å²) in [5.41, 5.74) is 1.13. The lowest BCUT2D eigenvalue weighted by atomic mass is 10.3. The lowest BCUT2D eigenvalue weighted by Gasteiger charge is -1.96. The van der Waals surface area contributed by atoms with Crippen LogP contribution in [0, 0.1) is 5.82 Å². The molecule has 1 heterocycles. The second kappa shape index (κ2) is 4.80. The van der Waals surface area contributed by atoms with E-state index < -0.39 is 12.6 Å². The number of hydrogen-bond donors (Lipinski definition) is 2. The van der Waals surface area contributed by atoms with Gasteiger partial charge in [-0.3, -0.25) is 0 Å². The summed E-state index contributed by atoms with van der Waals surface area (Å²) in [6, 6.07) is 2.86. The molecule has 0 saturated heterocycles. The van der Waals surface area contributed by atoms with E-state index in [0.717, 1.165) is 0 Å². The summed E-state index contributed by atoms with van der Waals surface area (Å²) in [5.74, 6) is -0.979. The molecule has 0 atom stereocenters. The van der Waals surface area contributed by atoms with E-state index in [1.165, 1.54) is 6.07 Å². The fourth-order valence-electron chi connectivity index (χ4n) is 1.36. The monoisotopic (exact) mass is 302 g/mol. The minimum Gasteiger partial charge on any atom is -0.480 e. The number of aromatic nitrogens is 2. The summed E-state index contributed by atoms with van der Waals surface area (Å²) in [6.07, 6.45) is 0. The third kappa shape index (κ3) is 2.80. The number of carboxylic acids is 1. The molecule has 0 aliphatic carbocycles. The number of nitrogens with zero attached hydrogens (tertiary/aromatic N) is 1. The average Bonchev–Trinajstić information content (AvgIpc) is 2.60. The normalized spacial score (nSPS) is 10.9. The molecule has 0 fully saturated rings. The first-order valence-corrected chi connectivity index (χ1v) is 5.49. The zero-order valence-corrected chi connectivity index (χ0v) is 10.1. The van der Waals surface area contributed by atoms with Crippen LogP contribution in [0.25, 0.3) is 11.0 Å². The van der Waals surface area contributed by atoms with E-state index in [0.29, 0.717) is 21.3 Å². The first-order valence-electron chi connectivity index (χ1n) is 4.69. The highest BCUT2D eigenvalue weighted by Crippen LogP contribution is 2.21. The number of H-pyrrole nitrogens is 1. The second-order valence-electron chi connectivity index (χ2n) is 3.35. The van der Waals surface area contributed by atoms with Gasteiger partial charge in [-0.2, -0.15) is 0 Å². The van der Waals surface area contributed by atoms with Gasteiger partial charge in [-0.1, -0.05) is 0 Å². The molecule has 0 unspecified atom stereocenters. The Hall–Kier alpha value is -1.47. The Bertz CT molecular complexity index is 531. The van der Waals surface area contributed by atoms with E-state index >= 15 is 0 Å². The van der Waals surface area contributed by atoms with E-state index in [9.17, 15) is 9.18 Å². The SMILES string of the molecule is O=C(O)COCc1nc2cc(Br)c(F)cc2[nH]1. The predicted molar refractivity (Wildman–Crippen MR) is 61.0 cm³/mol. The molecular weight excluding hydrogens is 295 g/mol. The maximum atomic E-state index is 13.2. The number of rotatable bonds is 4. The van der Waals surface area contributed by atoms with Gasteiger partial charge in [0, 0.05) is 6.07 Å². The first kappa shape index (κ1) is 12.0. The molecule has 0 saturated carbocycles. The number of aliphatic carboxylic acids is 1. The smallest absolute Gasteiger partial charge is 0.329 e. The van der Waals surface area contributed by atoms with Crippen molar-refractivity contribution in [3.8, 4) is 0 Å². The second-order valence-corrected chi connectivity index (χ2v) is 4.21. The van der Waals surface area contributed by atoms with Crippen molar-refractivity contribution >= 4 is 32.9 Å². The van der Waals surface area contributed by atoms with Crippen LogP contribution in [0.4, 0.5) is 4.39 Å². The Morgan fingerprint density at radius 2 is 2.35 bits per heavy atom. The Balaban J connectivity index is 2.17. The largest absolute Gasteiger partial charge is 0.480 e. The summed E-state index contributed by atoms with van der Waals surface area (Å²) >= 11 is 3.06. The molecule has 0 amide bonds. The third-order valence-corrected chi connectivity index (χ3v) is 2.64. The van der Waals surface area contributed by atoms with Gasteiger partial charge in [-0.05, 0) is 22.0 Å². The average molecular weight is 303 g/mol. The quantitative estimate of drug-likeness (QED) is 0.906. The van der Waals surface area contributed by atoms with Crippen molar-refractivity contribution in [3.63, 3.8) is 0 Å². The molecule has 1 aromatic heterocycles. The molecule has 0 spiro atoms. The van der Waals surface area contributed by atoms with Gasteiger partial charge in [0.2, 0.25) is 0 Å². The molecule has 0 bridgehead atoms. The number of benzene rings is 1. The van der Waals surface area contributed by atoms with Crippen molar-refractivity contribution in [2.24, 2.45) is 0 Å². The Morgan fingerprint density at radius 1 is 1.59 bits per heavy atom. The van der Waals surface area contributed by atoms with Crippen LogP contribution in [0.5, 0.6) is 0 Å². The molecule has 2 N–H and O–H groups in total. The fourth-order valence-corrected chi connectivity index (χ4v) is 1.69. The third-order valence-electron chi connectivity index (χ3n) is 2.04. The van der Waals surface area contributed by atoms with Gasteiger partial charge in [0.15, 0.2) is 0 Å². The molecule has 0 radical (unpaired) electrons. The highest BCUT2D eigenvalue weighted by atomic mass is 79.9. The number of fused-ring (bicyclic) bond motifs is 1. The molecule has 2 aromatic rings. The highest BCUT2D eigenvalue weighted by molar-refractivity contribution is 9.10. The Morgan fingerprint density at radius 3 is 3.06 bits per heavy atom. The predicted octanol–water partition coefficient (Wildman–Crippen LogP) is 2.07. The molecule has 0 aliphatic heterocycles. The van der Waals surface area contributed by atoms with Crippen LogP contribution in [0.15, 0.2) is 16.6 Å². The summed E-state index contributed by atoms with van der Waals surface area (Å²) < 4.78 is 18.4. The topological polar surface area (TPSA) is 75.2 Å². The number of carboxylic acid groups (broad SMARTS) is 1. The zero-order chi connectivity index (χ0) is 12.4. The summed E-state index contributed by atoms with van der Waals surface area (Å²) in [7, 11) is 0. The number of hydrogen-bond acceptors (Lipinski definition) is 3. The van der Waals surface area contributed by atoms with Crippen LogP contribution in [-0.4, -0.2) is 27.7 Å². The minimum absolute atomic E-state index is 0.0419. The Labute approximate surface area is 104 Å². The molecule has 7 heteroatoms. The Kier molecular flexibility index (Phi) is 3.39. The van der Waals surface area contributed by atoms with E-state index in [1.807, 2.05) is 0 Å². The van der Waals surface area contributed by atoms with Crippen molar-refractivity contribution in [2.75, 3.05) is 6.61 Å². The van der Waals surface area contributed by atoms with E-state index in [4.69, 9.17) is 9.84 Å². The lowest BCUT2D eigenvalue weighted by molar-refractivity contribution is -0.142. The van der Waals surface area contributed by atoms with Crippen molar-refractivity contribution in [1.29, 1.82) is 0 Å². The van der Waals surface area contributed by atoms with Gasteiger partial charge in [-0.25, -0.2) is 14.2 Å². The van der Waals surface area contributed by atoms with Gasteiger partial charge < -0.3 is 14.8 Å². The van der Waals surface area contributed by atoms with Crippen molar-refractivity contribution in [1.82, 2.24) is 9.97 Å². The van der Waals surface area contributed by atoms with Gasteiger partial charge in [0.05, 0.1) is 15.5 Å². The van der Waals surface area contributed by atoms with Gasteiger partial charge >= 0.3 is 5.97 Å². The van der Waals surface area contributed by atoms with Crippen molar-refractivity contribution < 1.29 is 19.0 Å². The maximum absolute atomic E-state index is 13.2. The minimum atomic E-state index is -1.05. The molecule has 1 aromatic carbocycles. The summed E-state index contributed by atoms with van der Waals surface area (Å²) in [4.78, 5) is 17.2. The molecule has 2 rings (SSSR count). The molecule has 17 heavy (non-hydrogen) atoms. The van der Waals surface area contributed by atoms with Crippen LogP contribution in [0.1, 0.15) is 5.82 Å². The van der Waals surface area contributed by atoms with E-state index in [2.05, 4.69) is 25.9 Å². The maximum Gasteiger partial charge on any atom is 0.329 e. The fraction of sp³-hybridized carbons (Fsp3) is 0.200. The van der Waals surface area contributed by atoms with Crippen molar-refractivity contribution in [3.05, 3.63) is 28.2 Å². The van der Waals surface area contributed by atoms with Crippen LogP contribution in [0.3, 0.4) is 0 Å². The number of nitrogens with one attached hydrogen (secondary N) is 1. The van der Waals surface area contributed by atoms with Crippen molar-refractivity contribution in [2.45, 2.75) is 6.61 Å². The number of aromatic amines is 1. The highest BCUT2D eigenvalue weighted by Gasteiger charge is 2.07. The van der Waals surface area contributed by atoms with Crippen LogP contribution < -0.4 is 0 Å². The van der Waals surface area contributed by atoms with Gasteiger partial charge in [0.1, 0.15) is 24.9 Å². The van der Waals surface area contributed by atoms with Crippen LogP contribution in [0.2, 0.25) is 0 Å². The van der Waals surface area contributed by atoms with Crippen LogP contribution in [-0.2, 0) is 16.1 Å². The lowest BCUT2D eigenvalue weighted by Crippen LogP contribution is -2.07. The van der Waals surface area contributed by atoms with Gasteiger partial charge in [-0.15, -0.1) is 0 Å². The summed E-state index contributed by atoms with van der Waals surface area (Å²) in [6.45, 7) is -0.352. The number of halogens is 2. The van der Waals surface area contributed by atoms with Gasteiger partial charge in [0.25, 0.3) is 0 Å². The number of ether oxygens (including phenoxy) is 1.